The van der Waals surface area contributed by atoms with Gasteiger partial charge in [-0.05, 0) is 66.9 Å². The first-order valence-corrected chi connectivity index (χ1v) is 10.4. The zero-order chi connectivity index (χ0) is 21.0. The molecule has 1 heterocycles. The molecule has 0 atom stereocenters. The summed E-state index contributed by atoms with van der Waals surface area (Å²) in [5.41, 5.74) is 2.39. The predicted octanol–water partition coefficient (Wildman–Crippen LogP) is 4.86. The van der Waals surface area contributed by atoms with Crippen molar-refractivity contribution < 1.29 is 9.90 Å². The van der Waals surface area contributed by atoms with Crippen LogP contribution in [0.4, 0.5) is 0 Å². The molecule has 0 saturated carbocycles. The van der Waals surface area contributed by atoms with Gasteiger partial charge in [-0.1, -0.05) is 53.8 Å². The summed E-state index contributed by atoms with van der Waals surface area (Å²) in [5, 5.41) is 11.6. The molecule has 1 aliphatic rings. The number of aliphatic hydroxyl groups is 1. The van der Waals surface area contributed by atoms with Gasteiger partial charge < -0.3 is 10.0 Å². The van der Waals surface area contributed by atoms with Gasteiger partial charge in [0.05, 0.1) is 5.60 Å². The fourth-order valence-corrected chi connectivity index (χ4v) is 3.80. The lowest BCUT2D eigenvalue weighted by molar-refractivity contribution is -0.0211. The molecular formula is C26H22ClNO2. The number of amides is 1. The number of halogens is 1. The number of carbonyl (C=O) groups excluding carboxylic acids is 1. The van der Waals surface area contributed by atoms with Crippen LogP contribution in [0, 0.1) is 11.8 Å². The third-order valence-electron chi connectivity index (χ3n) is 5.52. The fraction of sp³-hybridized carbons (Fsp3) is 0.192. The van der Waals surface area contributed by atoms with Gasteiger partial charge in [0.1, 0.15) is 0 Å². The molecular weight excluding hydrogens is 394 g/mol. The van der Waals surface area contributed by atoms with Crippen molar-refractivity contribution in [2.45, 2.75) is 18.4 Å². The van der Waals surface area contributed by atoms with Gasteiger partial charge in [-0.25, -0.2) is 0 Å². The van der Waals surface area contributed by atoms with Crippen molar-refractivity contribution in [1.82, 2.24) is 4.90 Å². The quantitative estimate of drug-likeness (QED) is 0.607. The molecule has 150 valence electrons. The van der Waals surface area contributed by atoms with Crippen molar-refractivity contribution >= 4 is 17.5 Å². The van der Waals surface area contributed by atoms with Crippen LogP contribution in [0.25, 0.3) is 0 Å². The van der Waals surface area contributed by atoms with Gasteiger partial charge in [-0.2, -0.15) is 0 Å². The highest BCUT2D eigenvalue weighted by Gasteiger charge is 2.35. The van der Waals surface area contributed by atoms with Crippen molar-refractivity contribution in [2.24, 2.45) is 0 Å². The van der Waals surface area contributed by atoms with Crippen LogP contribution in [0.2, 0.25) is 5.02 Å². The number of rotatable bonds is 2. The lowest BCUT2D eigenvalue weighted by Crippen LogP contribution is -2.45. The normalized spacial score (nSPS) is 15.2. The highest BCUT2D eigenvalue weighted by Crippen LogP contribution is 2.33. The smallest absolute Gasteiger partial charge is 0.253 e. The predicted molar refractivity (Wildman–Crippen MR) is 119 cm³/mol. The monoisotopic (exact) mass is 415 g/mol. The Balaban J connectivity index is 1.39. The first kappa shape index (κ1) is 20.2. The van der Waals surface area contributed by atoms with Crippen LogP contribution in [0.1, 0.15) is 39.9 Å². The second kappa shape index (κ2) is 8.75. The minimum atomic E-state index is -0.918. The van der Waals surface area contributed by atoms with E-state index in [2.05, 4.69) is 11.8 Å². The molecule has 3 aromatic rings. The van der Waals surface area contributed by atoms with Gasteiger partial charge in [0.25, 0.3) is 5.91 Å². The lowest BCUT2D eigenvalue weighted by atomic mass is 9.84. The van der Waals surface area contributed by atoms with E-state index in [4.69, 9.17) is 11.6 Å². The van der Waals surface area contributed by atoms with Crippen molar-refractivity contribution in [3.05, 3.63) is 106 Å². The lowest BCUT2D eigenvalue weighted by Gasteiger charge is -2.38. The van der Waals surface area contributed by atoms with Gasteiger partial charge in [0, 0.05) is 34.8 Å². The molecule has 4 rings (SSSR count). The second-order valence-corrected chi connectivity index (χ2v) is 7.96. The summed E-state index contributed by atoms with van der Waals surface area (Å²) in [7, 11) is 0. The fourth-order valence-electron chi connectivity index (χ4n) is 3.67. The van der Waals surface area contributed by atoms with E-state index in [1.807, 2.05) is 66.7 Å². The van der Waals surface area contributed by atoms with Crippen LogP contribution in [0.3, 0.4) is 0 Å². The van der Waals surface area contributed by atoms with Gasteiger partial charge in [-0.3, -0.25) is 4.79 Å². The van der Waals surface area contributed by atoms with E-state index in [-0.39, 0.29) is 5.91 Å². The molecule has 0 aromatic heterocycles. The third kappa shape index (κ3) is 4.57. The van der Waals surface area contributed by atoms with E-state index in [0.29, 0.717) is 36.5 Å². The summed E-state index contributed by atoms with van der Waals surface area (Å²) in [6.45, 7) is 1.01. The van der Waals surface area contributed by atoms with Crippen LogP contribution in [-0.2, 0) is 5.60 Å². The minimum absolute atomic E-state index is 0.0178. The number of hydrogen-bond donors (Lipinski definition) is 1. The zero-order valence-corrected chi connectivity index (χ0v) is 17.3. The molecule has 30 heavy (non-hydrogen) atoms. The van der Waals surface area contributed by atoms with Crippen LogP contribution < -0.4 is 0 Å². The average Bonchev–Trinajstić information content (AvgIpc) is 2.79. The Morgan fingerprint density at radius 3 is 2.00 bits per heavy atom. The van der Waals surface area contributed by atoms with Crippen LogP contribution >= 0.6 is 11.6 Å². The van der Waals surface area contributed by atoms with E-state index in [9.17, 15) is 9.90 Å². The molecule has 0 unspecified atom stereocenters. The van der Waals surface area contributed by atoms with Crippen LogP contribution in [0.5, 0.6) is 0 Å². The van der Waals surface area contributed by atoms with E-state index in [1.165, 1.54) is 0 Å². The molecule has 3 aromatic carbocycles. The van der Waals surface area contributed by atoms with E-state index < -0.39 is 5.60 Å². The van der Waals surface area contributed by atoms with Crippen molar-refractivity contribution in [3.63, 3.8) is 0 Å². The standard InChI is InChI=1S/C26H22ClNO2/c27-24-14-12-23(13-15-24)26(30)16-18-28(19-17-26)25(29)22-10-8-21(9-11-22)7-6-20-4-2-1-3-5-20/h1-5,8-15,30H,16-19H2. The summed E-state index contributed by atoms with van der Waals surface area (Å²) in [6, 6.07) is 24.5. The first-order valence-electron chi connectivity index (χ1n) is 9.98. The molecule has 0 spiro atoms. The summed E-state index contributed by atoms with van der Waals surface area (Å²) in [5.74, 6) is 6.22. The molecule has 1 saturated heterocycles. The molecule has 0 aliphatic carbocycles. The molecule has 1 amide bonds. The molecule has 1 fully saturated rings. The number of hydrogen-bond acceptors (Lipinski definition) is 2. The van der Waals surface area contributed by atoms with Gasteiger partial charge in [0.2, 0.25) is 0 Å². The topological polar surface area (TPSA) is 40.5 Å². The minimum Gasteiger partial charge on any atom is -0.385 e. The van der Waals surface area contributed by atoms with E-state index >= 15 is 0 Å². The summed E-state index contributed by atoms with van der Waals surface area (Å²) in [6.07, 6.45) is 1.00. The SMILES string of the molecule is O=C(c1ccc(C#Cc2ccccc2)cc1)N1CCC(O)(c2ccc(Cl)cc2)CC1. The number of nitrogens with zero attached hydrogens (tertiary/aromatic N) is 1. The average molecular weight is 416 g/mol. The van der Waals surface area contributed by atoms with Crippen LogP contribution in [0.15, 0.2) is 78.9 Å². The highest BCUT2D eigenvalue weighted by molar-refractivity contribution is 6.30. The largest absolute Gasteiger partial charge is 0.385 e. The summed E-state index contributed by atoms with van der Waals surface area (Å²) in [4.78, 5) is 14.7. The molecule has 3 nitrogen and oxygen atoms in total. The van der Waals surface area contributed by atoms with Gasteiger partial charge >= 0.3 is 0 Å². The number of carbonyl (C=O) groups is 1. The number of likely N-dealkylation sites (tertiary alicyclic amines) is 1. The second-order valence-electron chi connectivity index (χ2n) is 7.52. The maximum absolute atomic E-state index is 12.9. The molecule has 1 aliphatic heterocycles. The Kier molecular flexibility index (Phi) is 5.90. The summed E-state index contributed by atoms with van der Waals surface area (Å²) < 4.78 is 0. The Morgan fingerprint density at radius 1 is 0.833 bits per heavy atom. The van der Waals surface area contributed by atoms with Gasteiger partial charge in [-0.15, -0.1) is 0 Å². The van der Waals surface area contributed by atoms with E-state index in [0.717, 1.165) is 16.7 Å². The zero-order valence-electron chi connectivity index (χ0n) is 16.5. The first-order chi connectivity index (χ1) is 14.5. The van der Waals surface area contributed by atoms with Crippen molar-refractivity contribution in [1.29, 1.82) is 0 Å². The molecule has 0 bridgehead atoms. The van der Waals surface area contributed by atoms with Crippen LogP contribution in [-0.4, -0.2) is 29.0 Å². The maximum atomic E-state index is 12.9. The molecule has 1 N–H and O–H groups in total. The highest BCUT2D eigenvalue weighted by atomic mass is 35.5. The summed E-state index contributed by atoms with van der Waals surface area (Å²) >= 11 is 5.95. The Labute approximate surface area is 181 Å². The van der Waals surface area contributed by atoms with Gasteiger partial charge in [0.15, 0.2) is 0 Å². The van der Waals surface area contributed by atoms with Crippen molar-refractivity contribution in [2.75, 3.05) is 13.1 Å². The Bertz CT molecular complexity index is 1070. The number of benzene rings is 3. The van der Waals surface area contributed by atoms with Crippen molar-refractivity contribution in [3.8, 4) is 11.8 Å². The van der Waals surface area contributed by atoms with E-state index in [1.54, 1.807) is 17.0 Å². The molecule has 0 radical (unpaired) electrons. The Morgan fingerprint density at radius 2 is 1.40 bits per heavy atom. The maximum Gasteiger partial charge on any atom is 0.253 e. The third-order valence-corrected chi connectivity index (χ3v) is 5.77. The molecule has 4 heteroatoms. The number of piperidine rings is 1. The Hall–Kier alpha value is -3.06.